The predicted octanol–water partition coefficient (Wildman–Crippen LogP) is 10.6. The molecular weight excluding hydrogens is 545 g/mol. The third kappa shape index (κ3) is 6.04. The Bertz CT molecular complexity index is 1530. The molecule has 3 nitrogen and oxygen atoms in total. The Morgan fingerprint density at radius 3 is 1.34 bits per heavy atom. The van der Waals surface area contributed by atoms with Crippen molar-refractivity contribution in [3.8, 4) is 0 Å². The highest BCUT2D eigenvalue weighted by atomic mass is 32.3. The molecular formula is C36H44O3S2. The zero-order valence-corrected chi connectivity index (χ0v) is 27.5. The minimum Gasteiger partial charge on any atom is -0.203 e. The normalized spacial score (nSPS) is 12.9. The van der Waals surface area contributed by atoms with Gasteiger partial charge in [0.25, 0.3) is 0 Å². The second kappa shape index (κ2) is 12.2. The van der Waals surface area contributed by atoms with E-state index >= 15 is 0 Å². The van der Waals surface area contributed by atoms with Gasteiger partial charge in [-0.05, 0) is 101 Å². The van der Waals surface area contributed by atoms with Gasteiger partial charge in [-0.15, -0.1) is 0 Å². The summed E-state index contributed by atoms with van der Waals surface area (Å²) in [4.78, 5) is 2.94. The lowest BCUT2D eigenvalue weighted by molar-refractivity contribution is 0.503. The van der Waals surface area contributed by atoms with Crippen LogP contribution in [-0.4, -0.2) is 8.42 Å². The van der Waals surface area contributed by atoms with Crippen molar-refractivity contribution in [2.45, 2.75) is 99.6 Å². The Morgan fingerprint density at radius 1 is 0.561 bits per heavy atom. The molecule has 0 aliphatic carbocycles. The molecule has 0 fully saturated rings. The molecule has 0 aromatic heterocycles. The molecule has 218 valence electrons. The van der Waals surface area contributed by atoms with E-state index in [0.717, 1.165) is 48.1 Å². The van der Waals surface area contributed by atoms with Crippen LogP contribution in [0.25, 0.3) is 0 Å². The zero-order valence-electron chi connectivity index (χ0n) is 25.9. The van der Waals surface area contributed by atoms with E-state index < -0.39 is 20.4 Å². The molecule has 0 bridgehead atoms. The lowest BCUT2D eigenvalue weighted by atomic mass is 9.89. The van der Waals surface area contributed by atoms with Crippen LogP contribution in [0.15, 0.2) is 105 Å². The summed E-state index contributed by atoms with van der Waals surface area (Å²) in [5.74, 6) is 0.277. The van der Waals surface area contributed by atoms with Crippen molar-refractivity contribution in [3.63, 3.8) is 0 Å². The fourth-order valence-electron chi connectivity index (χ4n) is 5.68. The minimum atomic E-state index is -4.26. The first-order chi connectivity index (χ1) is 19.3. The predicted molar refractivity (Wildman–Crippen MR) is 173 cm³/mol. The molecule has 0 radical (unpaired) electrons. The molecule has 41 heavy (non-hydrogen) atoms. The van der Waals surface area contributed by atoms with Gasteiger partial charge in [0.1, 0.15) is 4.90 Å². The number of hydrogen-bond acceptors (Lipinski definition) is 3. The Kier molecular flexibility index (Phi) is 9.22. The van der Waals surface area contributed by atoms with Crippen molar-refractivity contribution < 1.29 is 12.0 Å². The van der Waals surface area contributed by atoms with Gasteiger partial charge in [-0.1, -0.05) is 108 Å². The number of benzene rings is 4. The lowest BCUT2D eigenvalue weighted by Crippen LogP contribution is -2.19. The van der Waals surface area contributed by atoms with Crippen LogP contribution in [0.3, 0.4) is 0 Å². The highest BCUT2D eigenvalue weighted by Crippen LogP contribution is 2.72. The molecule has 0 amide bonds. The first kappa shape index (κ1) is 31.1. The molecule has 4 rings (SSSR count). The summed E-state index contributed by atoms with van der Waals surface area (Å²) in [6, 6.07) is 28.2. The van der Waals surface area contributed by atoms with Crippen molar-refractivity contribution in [2.75, 3.05) is 0 Å². The van der Waals surface area contributed by atoms with Crippen LogP contribution in [0, 0.1) is 20.8 Å². The Hall–Kier alpha value is -2.86. The topological polar surface area (TPSA) is 43.4 Å². The number of hydrogen-bond donors (Lipinski definition) is 0. The van der Waals surface area contributed by atoms with E-state index in [4.69, 9.17) is 3.63 Å². The number of rotatable bonds is 9. The van der Waals surface area contributed by atoms with E-state index in [1.807, 2.05) is 60.7 Å². The molecule has 0 saturated heterocycles. The summed E-state index contributed by atoms with van der Waals surface area (Å²) < 4.78 is 36.9. The third-order valence-electron chi connectivity index (χ3n) is 7.56. The van der Waals surface area contributed by atoms with Crippen LogP contribution < -0.4 is 0 Å². The van der Waals surface area contributed by atoms with Crippen molar-refractivity contribution >= 4 is 20.4 Å². The quantitative estimate of drug-likeness (QED) is 0.195. The molecule has 4 aromatic rings. The maximum atomic E-state index is 15.0. The first-order valence-corrected chi connectivity index (χ1v) is 17.4. The van der Waals surface area contributed by atoms with Crippen LogP contribution in [-0.2, 0) is 13.7 Å². The summed E-state index contributed by atoms with van der Waals surface area (Å²) >= 11 is 0. The van der Waals surface area contributed by atoms with E-state index in [1.54, 1.807) is 0 Å². The van der Waals surface area contributed by atoms with Crippen LogP contribution >= 0.6 is 10.3 Å². The van der Waals surface area contributed by atoms with Crippen LogP contribution in [0.1, 0.15) is 92.7 Å². The van der Waals surface area contributed by atoms with E-state index in [-0.39, 0.29) is 17.8 Å². The van der Waals surface area contributed by atoms with Gasteiger partial charge in [0.05, 0.1) is 0 Å². The maximum Gasteiger partial charge on any atom is 0.307 e. The Morgan fingerprint density at radius 2 is 0.976 bits per heavy atom. The van der Waals surface area contributed by atoms with E-state index in [2.05, 4.69) is 86.6 Å². The Labute approximate surface area is 249 Å². The lowest BCUT2D eigenvalue weighted by Gasteiger charge is -2.42. The highest BCUT2D eigenvalue weighted by Gasteiger charge is 2.42. The van der Waals surface area contributed by atoms with E-state index in [9.17, 15) is 8.42 Å². The molecule has 0 heterocycles. The van der Waals surface area contributed by atoms with Crippen LogP contribution in [0.4, 0.5) is 0 Å². The van der Waals surface area contributed by atoms with Crippen molar-refractivity contribution in [3.05, 3.63) is 118 Å². The SMILES string of the molecule is Cc1cc(C)c(S(OS(=O)(=O)c2c(C(C)C)cc(C(C)C)cc2C(C)C)(c2ccccc2)c2ccccc2)c(C)c1. The third-order valence-corrected chi connectivity index (χ3v) is 13.2. The standard InChI is InChI=1S/C36H44O3S2/c1-24(2)30-22-33(25(3)4)36(34(23-30)26(5)6)41(37,38)39-40(31-16-12-10-13-17-31,32-18-14-11-15-19-32)35-28(8)20-27(7)21-29(35)9/h10-26H,1-9H3. The molecule has 0 atom stereocenters. The maximum absolute atomic E-state index is 15.0. The van der Waals surface area contributed by atoms with Crippen LogP contribution in [0.5, 0.6) is 0 Å². The summed E-state index contributed by atoms with van der Waals surface area (Å²) in [5, 5.41) is 0. The zero-order chi connectivity index (χ0) is 30.1. The fourth-order valence-corrected chi connectivity index (χ4v) is 11.9. The van der Waals surface area contributed by atoms with Gasteiger partial charge in [0, 0.05) is 14.7 Å². The molecule has 0 saturated carbocycles. The average Bonchev–Trinajstić information content (AvgIpc) is 2.91. The molecule has 5 heteroatoms. The van der Waals surface area contributed by atoms with Gasteiger partial charge < -0.3 is 0 Å². The smallest absolute Gasteiger partial charge is 0.203 e. The average molecular weight is 589 g/mol. The monoisotopic (exact) mass is 588 g/mol. The molecule has 0 aliphatic heterocycles. The summed E-state index contributed by atoms with van der Waals surface area (Å²) in [6.45, 7) is 18.7. The molecule has 4 aromatic carbocycles. The van der Waals surface area contributed by atoms with Gasteiger partial charge >= 0.3 is 10.1 Å². The van der Waals surface area contributed by atoms with E-state index in [0.29, 0.717) is 4.90 Å². The summed E-state index contributed by atoms with van der Waals surface area (Å²) in [5.41, 5.74) is 5.94. The van der Waals surface area contributed by atoms with Crippen LogP contribution in [0.2, 0.25) is 0 Å². The highest BCUT2D eigenvalue weighted by molar-refractivity contribution is 8.33. The molecule has 0 unspecified atom stereocenters. The van der Waals surface area contributed by atoms with Gasteiger partial charge in [-0.3, -0.25) is 0 Å². The number of aryl methyl sites for hydroxylation is 3. The van der Waals surface area contributed by atoms with Gasteiger partial charge in [0.2, 0.25) is 0 Å². The van der Waals surface area contributed by atoms with Gasteiger partial charge in [-0.2, -0.15) is 8.42 Å². The van der Waals surface area contributed by atoms with E-state index in [1.165, 1.54) is 0 Å². The second-order valence-electron chi connectivity index (χ2n) is 11.9. The summed E-state index contributed by atoms with van der Waals surface area (Å²) in [7, 11) is -6.98. The van der Waals surface area contributed by atoms with Gasteiger partial charge in [-0.25, -0.2) is 3.63 Å². The van der Waals surface area contributed by atoms with Crippen molar-refractivity contribution in [2.24, 2.45) is 0 Å². The minimum absolute atomic E-state index is 0.000252. The van der Waals surface area contributed by atoms with Crippen molar-refractivity contribution in [1.29, 1.82) is 0 Å². The summed E-state index contributed by atoms with van der Waals surface area (Å²) in [6.07, 6.45) is 0. The molecule has 0 aliphatic rings. The molecule has 0 spiro atoms. The largest absolute Gasteiger partial charge is 0.307 e. The van der Waals surface area contributed by atoms with Gasteiger partial charge in [0.15, 0.2) is 0 Å². The Balaban J connectivity index is 2.15. The second-order valence-corrected chi connectivity index (χ2v) is 16.2. The first-order valence-electron chi connectivity index (χ1n) is 14.4. The molecule has 0 N–H and O–H groups in total. The fraction of sp³-hybridized carbons (Fsp3) is 0.333. The van der Waals surface area contributed by atoms with Crippen molar-refractivity contribution in [1.82, 2.24) is 0 Å².